The predicted octanol–water partition coefficient (Wildman–Crippen LogP) is 4.32. The zero-order chi connectivity index (χ0) is 14.0. The van der Waals surface area contributed by atoms with Crippen LogP contribution in [0.5, 0.6) is 0 Å². The van der Waals surface area contributed by atoms with Crippen LogP contribution < -0.4 is 5.32 Å². The predicted molar refractivity (Wildman–Crippen MR) is 75.3 cm³/mol. The van der Waals surface area contributed by atoms with Gasteiger partial charge in [0.25, 0.3) is 0 Å². The minimum atomic E-state index is -0.449. The summed E-state index contributed by atoms with van der Waals surface area (Å²) >= 11 is 0. The SMILES string of the molecule is CC1CC(Nc2cccc(F)c2C#N)CC(C)(C)C1. The zero-order valence-corrected chi connectivity index (χ0v) is 11.8. The van der Waals surface area contributed by atoms with E-state index in [0.29, 0.717) is 23.1 Å². The highest BCUT2D eigenvalue weighted by atomic mass is 19.1. The Morgan fingerprint density at radius 1 is 1.37 bits per heavy atom. The molecule has 1 aliphatic carbocycles. The highest BCUT2D eigenvalue weighted by molar-refractivity contribution is 5.58. The largest absolute Gasteiger partial charge is 0.381 e. The summed E-state index contributed by atoms with van der Waals surface area (Å²) in [5.41, 5.74) is 1.05. The number of hydrogen-bond acceptors (Lipinski definition) is 2. The highest BCUT2D eigenvalue weighted by Crippen LogP contribution is 2.39. The second-order valence-corrected chi connectivity index (χ2v) is 6.53. The van der Waals surface area contributed by atoms with Crippen LogP contribution in [0.25, 0.3) is 0 Å². The summed E-state index contributed by atoms with van der Waals surface area (Å²) in [6.45, 7) is 6.80. The zero-order valence-electron chi connectivity index (χ0n) is 11.8. The van der Waals surface area contributed by atoms with Gasteiger partial charge in [-0.3, -0.25) is 0 Å². The van der Waals surface area contributed by atoms with Crippen molar-refractivity contribution in [3.8, 4) is 6.07 Å². The smallest absolute Gasteiger partial charge is 0.143 e. The van der Waals surface area contributed by atoms with Crippen molar-refractivity contribution < 1.29 is 4.39 Å². The van der Waals surface area contributed by atoms with E-state index < -0.39 is 5.82 Å². The van der Waals surface area contributed by atoms with Crippen LogP contribution in [0.2, 0.25) is 0 Å². The average Bonchev–Trinajstić information content (AvgIpc) is 2.26. The van der Waals surface area contributed by atoms with Crippen molar-refractivity contribution in [3.63, 3.8) is 0 Å². The van der Waals surface area contributed by atoms with Gasteiger partial charge in [-0.15, -0.1) is 0 Å². The summed E-state index contributed by atoms with van der Waals surface area (Å²) in [5.74, 6) is 0.205. The molecular formula is C16H21FN2. The van der Waals surface area contributed by atoms with E-state index in [4.69, 9.17) is 5.26 Å². The number of rotatable bonds is 2. The summed E-state index contributed by atoms with van der Waals surface area (Å²) < 4.78 is 13.6. The van der Waals surface area contributed by atoms with Gasteiger partial charge < -0.3 is 5.32 Å². The molecule has 2 atom stereocenters. The molecule has 0 aromatic heterocycles. The van der Waals surface area contributed by atoms with E-state index in [2.05, 4.69) is 26.1 Å². The lowest BCUT2D eigenvalue weighted by atomic mass is 9.70. The minimum absolute atomic E-state index is 0.124. The molecule has 1 N–H and O–H groups in total. The third kappa shape index (κ3) is 3.26. The molecule has 0 bridgehead atoms. The Hall–Kier alpha value is -1.56. The molecular weight excluding hydrogens is 239 g/mol. The summed E-state index contributed by atoms with van der Waals surface area (Å²) in [7, 11) is 0. The molecule has 2 unspecified atom stereocenters. The maximum atomic E-state index is 13.6. The molecule has 0 heterocycles. The molecule has 0 aliphatic heterocycles. The number of halogens is 1. The molecule has 1 saturated carbocycles. The maximum Gasteiger partial charge on any atom is 0.143 e. The first kappa shape index (κ1) is 13.9. The Morgan fingerprint density at radius 2 is 2.11 bits per heavy atom. The monoisotopic (exact) mass is 260 g/mol. The molecule has 1 aliphatic rings. The van der Waals surface area contributed by atoms with Gasteiger partial charge in [-0.1, -0.05) is 26.8 Å². The number of anilines is 1. The van der Waals surface area contributed by atoms with Crippen LogP contribution in [0.4, 0.5) is 10.1 Å². The number of nitrogens with one attached hydrogen (secondary N) is 1. The molecule has 2 rings (SSSR count). The molecule has 1 aromatic carbocycles. The molecule has 0 radical (unpaired) electrons. The second-order valence-electron chi connectivity index (χ2n) is 6.53. The fourth-order valence-electron chi connectivity index (χ4n) is 3.43. The van der Waals surface area contributed by atoms with Crippen LogP contribution >= 0.6 is 0 Å². The van der Waals surface area contributed by atoms with Crippen LogP contribution in [-0.2, 0) is 0 Å². The van der Waals surface area contributed by atoms with E-state index in [1.54, 1.807) is 12.1 Å². The number of nitrogens with zero attached hydrogens (tertiary/aromatic N) is 1. The Labute approximate surface area is 114 Å². The highest BCUT2D eigenvalue weighted by Gasteiger charge is 2.32. The number of benzene rings is 1. The van der Waals surface area contributed by atoms with E-state index in [1.165, 1.54) is 12.5 Å². The van der Waals surface area contributed by atoms with E-state index in [9.17, 15) is 4.39 Å². The van der Waals surface area contributed by atoms with Gasteiger partial charge in [0.05, 0.1) is 5.69 Å². The third-order valence-electron chi connectivity index (χ3n) is 3.87. The molecule has 0 amide bonds. The lowest BCUT2D eigenvalue weighted by molar-refractivity contribution is 0.178. The molecule has 3 heteroatoms. The van der Waals surface area contributed by atoms with Gasteiger partial charge in [0.1, 0.15) is 17.4 Å². The summed E-state index contributed by atoms with van der Waals surface area (Å²) in [6, 6.07) is 7.03. The summed E-state index contributed by atoms with van der Waals surface area (Å²) in [4.78, 5) is 0. The Balaban J connectivity index is 2.18. The number of nitriles is 1. The summed E-state index contributed by atoms with van der Waals surface area (Å²) in [6.07, 6.45) is 3.35. The van der Waals surface area contributed by atoms with Crippen molar-refractivity contribution in [1.29, 1.82) is 5.26 Å². The van der Waals surface area contributed by atoms with Crippen molar-refractivity contribution in [2.75, 3.05) is 5.32 Å². The van der Waals surface area contributed by atoms with Crippen LogP contribution in [0.3, 0.4) is 0 Å². The molecule has 19 heavy (non-hydrogen) atoms. The van der Waals surface area contributed by atoms with Crippen molar-refractivity contribution in [2.24, 2.45) is 11.3 Å². The maximum absolute atomic E-state index is 13.6. The molecule has 1 fully saturated rings. The molecule has 0 spiro atoms. The molecule has 0 saturated heterocycles. The van der Waals surface area contributed by atoms with E-state index in [-0.39, 0.29) is 5.56 Å². The molecule has 102 valence electrons. The lowest BCUT2D eigenvalue weighted by Crippen LogP contribution is -2.35. The van der Waals surface area contributed by atoms with E-state index in [1.807, 2.05) is 6.07 Å². The quantitative estimate of drug-likeness (QED) is 0.859. The van der Waals surface area contributed by atoms with Gasteiger partial charge in [0.15, 0.2) is 0 Å². The van der Waals surface area contributed by atoms with Gasteiger partial charge >= 0.3 is 0 Å². The van der Waals surface area contributed by atoms with Crippen LogP contribution in [0, 0.1) is 28.5 Å². The van der Waals surface area contributed by atoms with Gasteiger partial charge in [0, 0.05) is 6.04 Å². The first-order chi connectivity index (χ1) is 8.91. The van der Waals surface area contributed by atoms with E-state index >= 15 is 0 Å². The van der Waals surface area contributed by atoms with Crippen LogP contribution in [0.15, 0.2) is 18.2 Å². The molecule has 1 aromatic rings. The topological polar surface area (TPSA) is 35.8 Å². The lowest BCUT2D eigenvalue weighted by Gasteiger charge is -2.39. The Morgan fingerprint density at radius 3 is 2.74 bits per heavy atom. The van der Waals surface area contributed by atoms with Gasteiger partial charge in [-0.05, 0) is 42.7 Å². The van der Waals surface area contributed by atoms with Gasteiger partial charge in [-0.25, -0.2) is 4.39 Å². The van der Waals surface area contributed by atoms with Gasteiger partial charge in [-0.2, -0.15) is 5.26 Å². The van der Waals surface area contributed by atoms with Crippen molar-refractivity contribution in [3.05, 3.63) is 29.6 Å². The Kier molecular flexibility index (Phi) is 3.80. The average molecular weight is 260 g/mol. The first-order valence-electron chi connectivity index (χ1n) is 6.86. The standard InChI is InChI=1S/C16H21FN2/c1-11-7-12(9-16(2,3)8-11)19-15-6-4-5-14(17)13(15)10-18/h4-6,11-12,19H,7-9H2,1-3H3. The van der Waals surface area contributed by atoms with Crippen LogP contribution in [0.1, 0.15) is 45.6 Å². The summed E-state index contributed by atoms with van der Waals surface area (Å²) in [5, 5.41) is 12.4. The van der Waals surface area contributed by atoms with Crippen molar-refractivity contribution in [1.82, 2.24) is 0 Å². The minimum Gasteiger partial charge on any atom is -0.381 e. The second kappa shape index (κ2) is 5.21. The van der Waals surface area contributed by atoms with Crippen molar-refractivity contribution in [2.45, 2.75) is 46.1 Å². The fraction of sp³-hybridized carbons (Fsp3) is 0.562. The fourth-order valence-corrected chi connectivity index (χ4v) is 3.43. The van der Waals surface area contributed by atoms with Crippen LogP contribution in [-0.4, -0.2) is 6.04 Å². The van der Waals surface area contributed by atoms with Crippen molar-refractivity contribution >= 4 is 5.69 Å². The van der Waals surface area contributed by atoms with Gasteiger partial charge in [0.2, 0.25) is 0 Å². The van der Waals surface area contributed by atoms with E-state index in [0.717, 1.165) is 12.8 Å². The number of hydrogen-bond donors (Lipinski definition) is 1. The third-order valence-corrected chi connectivity index (χ3v) is 3.87. The first-order valence-corrected chi connectivity index (χ1v) is 6.86. The Bertz CT molecular complexity index is 502. The normalized spacial score (nSPS) is 25.6. The molecule has 2 nitrogen and oxygen atoms in total.